The van der Waals surface area contributed by atoms with Crippen molar-refractivity contribution in [3.8, 4) is 17.6 Å². The van der Waals surface area contributed by atoms with Crippen molar-refractivity contribution < 1.29 is 18.6 Å². The fourth-order valence-electron chi connectivity index (χ4n) is 4.70. The Morgan fingerprint density at radius 2 is 1.90 bits per heavy atom. The molecule has 0 radical (unpaired) electrons. The number of hydrogen-bond donors (Lipinski definition) is 1. The number of aromatic nitrogens is 2. The summed E-state index contributed by atoms with van der Waals surface area (Å²) in [4.78, 5) is 17.4. The smallest absolute Gasteiger partial charge is 0.261 e. The molecular formula is C22H17F2N3O3. The van der Waals surface area contributed by atoms with Gasteiger partial charge < -0.3 is 9.84 Å². The van der Waals surface area contributed by atoms with Gasteiger partial charge >= 0.3 is 0 Å². The number of ether oxygens (including phenoxy) is 1. The van der Waals surface area contributed by atoms with E-state index in [1.54, 1.807) is 16.7 Å². The summed E-state index contributed by atoms with van der Waals surface area (Å²) in [7, 11) is 0. The molecule has 8 heteroatoms. The molecule has 30 heavy (non-hydrogen) atoms. The van der Waals surface area contributed by atoms with Gasteiger partial charge in [0.2, 0.25) is 0 Å². The van der Waals surface area contributed by atoms with E-state index >= 15 is 0 Å². The maximum atomic E-state index is 14.1. The number of hydrogen-bond acceptors (Lipinski definition) is 5. The number of rotatable bonds is 3. The highest BCUT2D eigenvalue weighted by Gasteiger charge is 2.53. The van der Waals surface area contributed by atoms with Crippen molar-refractivity contribution >= 4 is 10.9 Å². The molecule has 0 atom stereocenters. The highest BCUT2D eigenvalue weighted by Crippen LogP contribution is 2.60. The van der Waals surface area contributed by atoms with Crippen LogP contribution in [0.2, 0.25) is 0 Å². The van der Waals surface area contributed by atoms with Crippen molar-refractivity contribution in [1.29, 1.82) is 5.26 Å². The van der Waals surface area contributed by atoms with Gasteiger partial charge in [-0.3, -0.25) is 9.36 Å². The largest absolute Gasteiger partial charge is 0.453 e. The SMILES string of the molecule is N#Cc1c(F)ccc(F)c1Oc1ccc2ncn(C3CC4(CC(O)C4)C3)c(=O)c2c1. The van der Waals surface area contributed by atoms with Crippen molar-refractivity contribution in [3.63, 3.8) is 0 Å². The number of fused-ring (bicyclic) bond motifs is 1. The fourth-order valence-corrected chi connectivity index (χ4v) is 4.70. The van der Waals surface area contributed by atoms with E-state index in [-0.39, 0.29) is 28.9 Å². The Morgan fingerprint density at radius 3 is 2.60 bits per heavy atom. The Labute approximate surface area is 170 Å². The lowest BCUT2D eigenvalue weighted by molar-refractivity contribution is -0.106. The predicted octanol–water partition coefficient (Wildman–Crippen LogP) is 3.81. The third kappa shape index (κ3) is 2.85. The summed E-state index contributed by atoms with van der Waals surface area (Å²) in [5.41, 5.74) is -0.185. The second-order valence-corrected chi connectivity index (χ2v) is 8.21. The minimum Gasteiger partial charge on any atom is -0.453 e. The van der Waals surface area contributed by atoms with E-state index in [4.69, 9.17) is 10.00 Å². The Balaban J connectivity index is 1.48. The van der Waals surface area contributed by atoms with Crippen molar-refractivity contribution in [2.75, 3.05) is 0 Å². The summed E-state index contributed by atoms with van der Waals surface area (Å²) in [6, 6.07) is 7.83. The van der Waals surface area contributed by atoms with Gasteiger partial charge in [-0.15, -0.1) is 0 Å². The van der Waals surface area contributed by atoms with Crippen LogP contribution in [0.4, 0.5) is 8.78 Å². The topological polar surface area (TPSA) is 88.1 Å². The van der Waals surface area contributed by atoms with Gasteiger partial charge in [0.15, 0.2) is 11.6 Å². The molecule has 152 valence electrons. The molecule has 0 aliphatic heterocycles. The molecule has 3 aromatic rings. The fraction of sp³-hybridized carbons (Fsp3) is 0.318. The average molecular weight is 409 g/mol. The van der Waals surface area contributed by atoms with E-state index in [1.165, 1.54) is 18.5 Å². The molecule has 2 aliphatic carbocycles. The van der Waals surface area contributed by atoms with E-state index in [2.05, 4.69) is 4.98 Å². The van der Waals surface area contributed by atoms with Gasteiger partial charge in [0.1, 0.15) is 23.2 Å². The van der Waals surface area contributed by atoms with Gasteiger partial charge in [0.05, 0.1) is 23.3 Å². The van der Waals surface area contributed by atoms with Crippen LogP contribution in [0.1, 0.15) is 37.3 Å². The number of nitrogens with zero attached hydrogens (tertiary/aromatic N) is 3. The van der Waals surface area contributed by atoms with Crippen molar-refractivity contribution in [2.24, 2.45) is 5.41 Å². The first-order valence-electron chi connectivity index (χ1n) is 9.64. The van der Waals surface area contributed by atoms with Crippen molar-refractivity contribution in [1.82, 2.24) is 9.55 Å². The maximum Gasteiger partial charge on any atom is 0.261 e. The second kappa shape index (κ2) is 6.61. The molecule has 0 amide bonds. The summed E-state index contributed by atoms with van der Waals surface area (Å²) in [5, 5.41) is 19.0. The van der Waals surface area contributed by atoms with E-state index in [0.29, 0.717) is 10.9 Å². The molecule has 0 unspecified atom stereocenters. The molecular weight excluding hydrogens is 392 g/mol. The molecule has 2 saturated carbocycles. The minimum absolute atomic E-state index is 0.0253. The Kier molecular flexibility index (Phi) is 4.12. The molecule has 2 fully saturated rings. The van der Waals surface area contributed by atoms with Gasteiger partial charge in [-0.25, -0.2) is 13.8 Å². The molecule has 1 heterocycles. The lowest BCUT2D eigenvalue weighted by Crippen LogP contribution is -2.51. The molecule has 0 bridgehead atoms. The predicted molar refractivity (Wildman–Crippen MR) is 103 cm³/mol. The first kappa shape index (κ1) is 18.7. The van der Waals surface area contributed by atoms with Crippen LogP contribution in [0.15, 0.2) is 41.5 Å². The molecule has 1 aromatic heterocycles. The van der Waals surface area contributed by atoms with Crippen LogP contribution in [0.25, 0.3) is 10.9 Å². The van der Waals surface area contributed by atoms with Crippen LogP contribution in [-0.2, 0) is 0 Å². The number of aliphatic hydroxyl groups is 1. The first-order valence-corrected chi connectivity index (χ1v) is 9.64. The zero-order valence-electron chi connectivity index (χ0n) is 15.8. The van der Waals surface area contributed by atoms with Crippen LogP contribution >= 0.6 is 0 Å². The van der Waals surface area contributed by atoms with Gasteiger partial charge in [-0.1, -0.05) is 0 Å². The van der Waals surface area contributed by atoms with Gasteiger partial charge in [0, 0.05) is 6.04 Å². The van der Waals surface area contributed by atoms with E-state index in [1.807, 2.05) is 0 Å². The zero-order chi connectivity index (χ0) is 21.0. The third-order valence-corrected chi connectivity index (χ3v) is 6.21. The van der Waals surface area contributed by atoms with Gasteiger partial charge in [-0.05, 0) is 61.4 Å². The maximum absolute atomic E-state index is 14.1. The Hall–Kier alpha value is -3.31. The van der Waals surface area contributed by atoms with Crippen molar-refractivity contribution in [2.45, 2.75) is 37.8 Å². The van der Waals surface area contributed by atoms with Crippen molar-refractivity contribution in [3.05, 3.63) is 64.2 Å². The second-order valence-electron chi connectivity index (χ2n) is 8.21. The zero-order valence-corrected chi connectivity index (χ0v) is 15.8. The lowest BCUT2D eigenvalue weighted by atomic mass is 9.53. The molecule has 1 N–H and O–H groups in total. The molecule has 0 saturated heterocycles. The number of benzene rings is 2. The van der Waals surface area contributed by atoms with Crippen LogP contribution < -0.4 is 10.3 Å². The standard InChI is InChI=1S/C22H17F2N3O3/c23-17-2-3-18(24)20(16(17)10-25)30-14-1-4-19-15(5-14)21(29)27(11-26-19)12-6-22(7-12)8-13(28)9-22/h1-5,11-13,28H,6-9H2. The number of halogens is 2. The summed E-state index contributed by atoms with van der Waals surface area (Å²) in [5.74, 6) is -2.18. The lowest BCUT2D eigenvalue weighted by Gasteiger charge is -2.56. The van der Waals surface area contributed by atoms with E-state index in [0.717, 1.165) is 37.8 Å². The summed E-state index contributed by atoms with van der Waals surface area (Å²) >= 11 is 0. The van der Waals surface area contributed by atoms with Gasteiger partial charge in [0.25, 0.3) is 5.56 Å². The Bertz CT molecular complexity index is 1270. The Morgan fingerprint density at radius 1 is 1.17 bits per heavy atom. The molecule has 5 rings (SSSR count). The highest BCUT2D eigenvalue weighted by atomic mass is 19.1. The van der Waals surface area contributed by atoms with Crippen LogP contribution in [-0.4, -0.2) is 20.8 Å². The first-order chi connectivity index (χ1) is 14.4. The average Bonchev–Trinajstić information content (AvgIpc) is 2.68. The molecule has 2 aliphatic rings. The number of aliphatic hydroxyl groups excluding tert-OH is 1. The summed E-state index contributed by atoms with van der Waals surface area (Å²) in [6.07, 6.45) is 4.49. The molecule has 2 aromatic carbocycles. The van der Waals surface area contributed by atoms with Crippen LogP contribution in [0.3, 0.4) is 0 Å². The van der Waals surface area contributed by atoms with E-state index in [9.17, 15) is 18.7 Å². The normalized spacial score (nSPS) is 24.9. The summed E-state index contributed by atoms with van der Waals surface area (Å²) < 4.78 is 35.0. The quantitative estimate of drug-likeness (QED) is 0.711. The van der Waals surface area contributed by atoms with Crippen LogP contribution in [0, 0.1) is 28.4 Å². The van der Waals surface area contributed by atoms with Crippen LogP contribution in [0.5, 0.6) is 11.5 Å². The molecule has 6 nitrogen and oxygen atoms in total. The monoisotopic (exact) mass is 409 g/mol. The van der Waals surface area contributed by atoms with Gasteiger partial charge in [-0.2, -0.15) is 5.26 Å². The third-order valence-electron chi connectivity index (χ3n) is 6.21. The highest BCUT2D eigenvalue weighted by molar-refractivity contribution is 5.79. The number of nitriles is 1. The molecule has 1 spiro atoms. The minimum atomic E-state index is -0.890. The van der Waals surface area contributed by atoms with E-state index < -0.39 is 22.9 Å². The summed E-state index contributed by atoms with van der Waals surface area (Å²) in [6.45, 7) is 0.